The number of carbonyl (C=O) groups excluding carboxylic acids is 1. The molecule has 1 aliphatic heterocycles. The zero-order chi connectivity index (χ0) is 14.3. The van der Waals surface area contributed by atoms with E-state index in [0.717, 1.165) is 17.7 Å². The van der Waals surface area contributed by atoms with E-state index in [2.05, 4.69) is 0 Å². The molecule has 0 spiro atoms. The summed E-state index contributed by atoms with van der Waals surface area (Å²) in [6, 6.07) is 7.42. The molecule has 1 saturated heterocycles. The van der Waals surface area contributed by atoms with Gasteiger partial charge in [-0.05, 0) is 30.5 Å². The SMILES string of the molecule is CN1CCN(c2cccc(C3(C(=O)O)CCC3)c2)C1=O. The molecule has 1 aliphatic carbocycles. The molecule has 106 valence electrons. The van der Waals surface area contributed by atoms with Crippen LogP contribution in [0, 0.1) is 0 Å². The van der Waals surface area contributed by atoms with Crippen LogP contribution in [-0.2, 0) is 10.2 Å². The molecule has 5 heteroatoms. The van der Waals surface area contributed by atoms with Crippen LogP contribution >= 0.6 is 0 Å². The highest BCUT2D eigenvalue weighted by Gasteiger charge is 2.46. The summed E-state index contributed by atoms with van der Waals surface area (Å²) in [4.78, 5) is 27.0. The first kappa shape index (κ1) is 13.0. The Bertz CT molecular complexity index is 566. The minimum Gasteiger partial charge on any atom is -0.481 e. The van der Waals surface area contributed by atoms with Crippen molar-refractivity contribution < 1.29 is 14.7 Å². The summed E-state index contributed by atoms with van der Waals surface area (Å²) >= 11 is 0. The number of hydrogen-bond donors (Lipinski definition) is 1. The van der Waals surface area contributed by atoms with Crippen LogP contribution < -0.4 is 4.90 Å². The minimum absolute atomic E-state index is 0.0277. The lowest BCUT2D eigenvalue weighted by Gasteiger charge is -2.38. The number of carboxylic acids is 1. The summed E-state index contributed by atoms with van der Waals surface area (Å²) in [5.74, 6) is -0.759. The Kier molecular flexibility index (Phi) is 2.92. The van der Waals surface area contributed by atoms with Gasteiger partial charge in [0.25, 0.3) is 0 Å². The number of carbonyl (C=O) groups is 2. The van der Waals surface area contributed by atoms with Crippen molar-refractivity contribution in [2.24, 2.45) is 0 Å². The van der Waals surface area contributed by atoms with E-state index in [-0.39, 0.29) is 6.03 Å². The first-order valence-corrected chi connectivity index (χ1v) is 6.91. The maximum Gasteiger partial charge on any atom is 0.324 e. The largest absolute Gasteiger partial charge is 0.481 e. The number of amides is 2. The number of likely N-dealkylation sites (N-methyl/N-ethyl adjacent to an activating group) is 1. The molecule has 1 heterocycles. The summed E-state index contributed by atoms with van der Waals surface area (Å²) in [5.41, 5.74) is 0.866. The molecule has 0 unspecified atom stereocenters. The number of urea groups is 1. The fourth-order valence-corrected chi connectivity index (χ4v) is 3.01. The second kappa shape index (κ2) is 4.51. The third-order valence-electron chi connectivity index (χ3n) is 4.54. The summed E-state index contributed by atoms with van der Waals surface area (Å²) in [6.45, 7) is 1.35. The molecule has 0 radical (unpaired) electrons. The average molecular weight is 274 g/mol. The van der Waals surface area contributed by atoms with Crippen molar-refractivity contribution in [3.63, 3.8) is 0 Å². The summed E-state index contributed by atoms with van der Waals surface area (Å²) in [6.07, 6.45) is 2.31. The maximum atomic E-state index is 12.0. The highest BCUT2D eigenvalue weighted by molar-refractivity contribution is 5.94. The van der Waals surface area contributed by atoms with E-state index in [1.807, 2.05) is 24.3 Å². The molecule has 1 N–H and O–H groups in total. The van der Waals surface area contributed by atoms with E-state index in [1.54, 1.807) is 16.8 Å². The highest BCUT2D eigenvalue weighted by Crippen LogP contribution is 2.44. The normalized spacial score (nSPS) is 20.9. The standard InChI is InChI=1S/C15H18N2O3/c1-16-8-9-17(14(16)20)12-5-2-4-11(10-12)15(13(18)19)6-3-7-15/h2,4-5,10H,3,6-9H2,1H3,(H,18,19). The fraction of sp³-hybridized carbons (Fsp3) is 0.467. The number of aliphatic carboxylic acids is 1. The number of benzene rings is 1. The van der Waals surface area contributed by atoms with Gasteiger partial charge in [-0.25, -0.2) is 4.79 Å². The van der Waals surface area contributed by atoms with Crippen molar-refractivity contribution in [2.45, 2.75) is 24.7 Å². The second-order valence-electron chi connectivity index (χ2n) is 5.65. The van der Waals surface area contributed by atoms with E-state index in [4.69, 9.17) is 0 Å². The van der Waals surface area contributed by atoms with Crippen LogP contribution in [0.15, 0.2) is 24.3 Å². The molecule has 1 aromatic carbocycles. The van der Waals surface area contributed by atoms with Gasteiger partial charge < -0.3 is 10.0 Å². The number of rotatable bonds is 3. The van der Waals surface area contributed by atoms with Gasteiger partial charge in [0.2, 0.25) is 0 Å². The molecule has 1 saturated carbocycles. The Morgan fingerprint density at radius 2 is 2.05 bits per heavy atom. The topological polar surface area (TPSA) is 60.9 Å². The van der Waals surface area contributed by atoms with Crippen molar-refractivity contribution in [3.8, 4) is 0 Å². The monoisotopic (exact) mass is 274 g/mol. The lowest BCUT2D eigenvalue weighted by molar-refractivity contribution is -0.147. The van der Waals surface area contributed by atoms with E-state index < -0.39 is 11.4 Å². The van der Waals surface area contributed by atoms with Crippen LogP contribution in [0.1, 0.15) is 24.8 Å². The molecule has 0 bridgehead atoms. The van der Waals surface area contributed by atoms with Crippen LogP contribution in [0.25, 0.3) is 0 Å². The molecular weight excluding hydrogens is 256 g/mol. The van der Waals surface area contributed by atoms with Gasteiger partial charge in [-0.15, -0.1) is 0 Å². The van der Waals surface area contributed by atoms with Gasteiger partial charge in [0.1, 0.15) is 0 Å². The molecule has 1 aromatic rings. The molecule has 2 aliphatic rings. The highest BCUT2D eigenvalue weighted by atomic mass is 16.4. The van der Waals surface area contributed by atoms with Gasteiger partial charge in [0.15, 0.2) is 0 Å². The van der Waals surface area contributed by atoms with Crippen molar-refractivity contribution in [1.82, 2.24) is 4.90 Å². The van der Waals surface area contributed by atoms with Gasteiger partial charge in [0.05, 0.1) is 5.41 Å². The lowest BCUT2D eigenvalue weighted by Crippen LogP contribution is -2.42. The predicted octanol–water partition coefficient (Wildman–Crippen LogP) is 2.06. The molecule has 2 fully saturated rings. The molecule has 2 amide bonds. The van der Waals surface area contributed by atoms with Crippen molar-refractivity contribution >= 4 is 17.7 Å². The minimum atomic E-state index is -0.759. The summed E-state index contributed by atoms with van der Waals surface area (Å²) < 4.78 is 0. The van der Waals surface area contributed by atoms with Crippen LogP contribution in [0.3, 0.4) is 0 Å². The van der Waals surface area contributed by atoms with Gasteiger partial charge in [-0.2, -0.15) is 0 Å². The third kappa shape index (κ3) is 1.77. The first-order chi connectivity index (χ1) is 9.54. The van der Waals surface area contributed by atoms with Crippen LogP contribution in [0.4, 0.5) is 10.5 Å². The van der Waals surface area contributed by atoms with Crippen molar-refractivity contribution in [2.75, 3.05) is 25.0 Å². The Morgan fingerprint density at radius 3 is 2.55 bits per heavy atom. The van der Waals surface area contributed by atoms with Gasteiger partial charge >= 0.3 is 12.0 Å². The van der Waals surface area contributed by atoms with Crippen molar-refractivity contribution in [1.29, 1.82) is 0 Å². The lowest BCUT2D eigenvalue weighted by atomic mass is 9.64. The Labute approximate surface area is 117 Å². The Morgan fingerprint density at radius 1 is 1.30 bits per heavy atom. The molecular formula is C15H18N2O3. The van der Waals surface area contributed by atoms with Crippen molar-refractivity contribution in [3.05, 3.63) is 29.8 Å². The summed E-state index contributed by atoms with van der Waals surface area (Å²) in [7, 11) is 1.77. The zero-order valence-electron chi connectivity index (χ0n) is 11.5. The number of carboxylic acid groups (broad SMARTS) is 1. The van der Waals surface area contributed by atoms with Gasteiger partial charge in [-0.3, -0.25) is 9.69 Å². The predicted molar refractivity (Wildman–Crippen MR) is 75.0 cm³/mol. The number of nitrogens with zero attached hydrogens (tertiary/aromatic N) is 2. The van der Waals surface area contributed by atoms with E-state index in [1.165, 1.54) is 0 Å². The Balaban J connectivity index is 1.94. The number of hydrogen-bond acceptors (Lipinski definition) is 2. The van der Waals surface area contributed by atoms with E-state index in [9.17, 15) is 14.7 Å². The van der Waals surface area contributed by atoms with Crippen LogP contribution in [-0.4, -0.2) is 42.1 Å². The molecule has 5 nitrogen and oxygen atoms in total. The van der Waals surface area contributed by atoms with Gasteiger partial charge in [0, 0.05) is 25.8 Å². The maximum absolute atomic E-state index is 12.0. The molecule has 20 heavy (non-hydrogen) atoms. The second-order valence-corrected chi connectivity index (χ2v) is 5.65. The third-order valence-corrected chi connectivity index (χ3v) is 4.54. The van der Waals surface area contributed by atoms with E-state index in [0.29, 0.717) is 25.9 Å². The molecule has 0 aromatic heterocycles. The smallest absolute Gasteiger partial charge is 0.324 e. The Hall–Kier alpha value is -2.04. The fourth-order valence-electron chi connectivity index (χ4n) is 3.01. The first-order valence-electron chi connectivity index (χ1n) is 6.91. The van der Waals surface area contributed by atoms with Crippen LogP contribution in [0.5, 0.6) is 0 Å². The van der Waals surface area contributed by atoms with Gasteiger partial charge in [-0.1, -0.05) is 18.6 Å². The number of anilines is 1. The quantitative estimate of drug-likeness (QED) is 0.917. The van der Waals surface area contributed by atoms with Crippen LogP contribution in [0.2, 0.25) is 0 Å². The molecule has 0 atom stereocenters. The summed E-state index contributed by atoms with van der Waals surface area (Å²) in [5, 5.41) is 9.50. The van der Waals surface area contributed by atoms with E-state index >= 15 is 0 Å². The average Bonchev–Trinajstić information content (AvgIpc) is 2.68. The zero-order valence-corrected chi connectivity index (χ0v) is 11.5. The molecule has 3 rings (SSSR count).